The first-order valence-electron chi connectivity index (χ1n) is 8.77. The van der Waals surface area contributed by atoms with Gasteiger partial charge < -0.3 is 15.0 Å². The van der Waals surface area contributed by atoms with Gasteiger partial charge in [0.25, 0.3) is 5.91 Å². The number of amides is 1. The molecule has 1 amide bonds. The number of hydrogen-bond acceptors (Lipinski definition) is 4. The molecule has 1 saturated heterocycles. The summed E-state index contributed by atoms with van der Waals surface area (Å²) in [6.45, 7) is 10.1. The van der Waals surface area contributed by atoms with Gasteiger partial charge in [0.05, 0.1) is 30.7 Å². The third-order valence-corrected chi connectivity index (χ3v) is 4.69. The number of nitrogens with one attached hydrogen (secondary N) is 1. The van der Waals surface area contributed by atoms with Gasteiger partial charge in [0.15, 0.2) is 0 Å². The number of fused-ring (bicyclic) bond motifs is 1. The highest BCUT2D eigenvalue weighted by atomic mass is 16.5. The molecule has 2 aliphatic heterocycles. The van der Waals surface area contributed by atoms with E-state index in [1.165, 1.54) is 0 Å². The number of aryl methyl sites for hydroxylation is 1. The number of hydrogen-bond donors (Lipinski definition) is 1. The van der Waals surface area contributed by atoms with E-state index in [-0.39, 0.29) is 5.91 Å². The van der Waals surface area contributed by atoms with Crippen molar-refractivity contribution in [2.45, 2.75) is 33.2 Å². The maximum Gasteiger partial charge on any atom is 0.257 e. The van der Waals surface area contributed by atoms with Gasteiger partial charge >= 0.3 is 0 Å². The van der Waals surface area contributed by atoms with Crippen LogP contribution in [0.25, 0.3) is 0 Å². The fourth-order valence-corrected chi connectivity index (χ4v) is 3.36. The van der Waals surface area contributed by atoms with Crippen molar-refractivity contribution in [3.8, 4) is 0 Å². The van der Waals surface area contributed by atoms with Gasteiger partial charge in [-0.2, -0.15) is 5.10 Å². The maximum atomic E-state index is 12.7. The molecule has 1 aromatic rings. The summed E-state index contributed by atoms with van der Waals surface area (Å²) in [5, 5.41) is 7.98. The summed E-state index contributed by atoms with van der Waals surface area (Å²) in [5.74, 6) is 1.38. The van der Waals surface area contributed by atoms with Crippen molar-refractivity contribution in [2.24, 2.45) is 11.8 Å². The summed E-state index contributed by atoms with van der Waals surface area (Å²) < 4.78 is 7.36. The molecule has 1 fully saturated rings. The molecule has 3 heterocycles. The molecule has 0 bridgehead atoms. The van der Waals surface area contributed by atoms with E-state index in [1.807, 2.05) is 9.58 Å². The van der Waals surface area contributed by atoms with E-state index in [9.17, 15) is 4.79 Å². The number of aromatic nitrogens is 2. The number of rotatable bonds is 5. The van der Waals surface area contributed by atoms with E-state index < -0.39 is 0 Å². The van der Waals surface area contributed by atoms with Crippen LogP contribution in [0.3, 0.4) is 0 Å². The molecule has 3 rings (SSSR count). The lowest BCUT2D eigenvalue weighted by Gasteiger charge is -2.28. The van der Waals surface area contributed by atoms with Crippen LogP contribution in [0.4, 0.5) is 0 Å². The number of carbonyl (C=O) groups is 1. The summed E-state index contributed by atoms with van der Waals surface area (Å²) >= 11 is 0. The first-order valence-corrected chi connectivity index (χ1v) is 8.77. The van der Waals surface area contributed by atoms with Gasteiger partial charge in [-0.3, -0.25) is 9.48 Å². The first kappa shape index (κ1) is 16.5. The molecule has 0 unspecified atom stereocenters. The predicted molar refractivity (Wildman–Crippen MR) is 88.5 cm³/mol. The molecule has 1 N–H and O–H groups in total. The van der Waals surface area contributed by atoms with Gasteiger partial charge in [0.1, 0.15) is 0 Å². The monoisotopic (exact) mass is 320 g/mol. The van der Waals surface area contributed by atoms with Crippen LogP contribution in [0, 0.1) is 11.8 Å². The third kappa shape index (κ3) is 3.93. The highest BCUT2D eigenvalue weighted by Gasteiger charge is 2.28. The molecular weight excluding hydrogens is 292 g/mol. The lowest BCUT2D eigenvalue weighted by Crippen LogP contribution is -2.41. The normalized spacial score (nSPS) is 21.5. The smallest absolute Gasteiger partial charge is 0.257 e. The SMILES string of the molecule is CC(C)CNC[C@@H]1CCn2ncc(C(=O)N3CCOCC3)c2C1. The highest BCUT2D eigenvalue weighted by Crippen LogP contribution is 2.24. The molecular formula is C17H28N4O2. The van der Waals surface area contributed by atoms with E-state index >= 15 is 0 Å². The second kappa shape index (κ2) is 7.45. The summed E-state index contributed by atoms with van der Waals surface area (Å²) in [4.78, 5) is 14.6. The van der Waals surface area contributed by atoms with Crippen LogP contribution >= 0.6 is 0 Å². The highest BCUT2D eigenvalue weighted by molar-refractivity contribution is 5.95. The minimum atomic E-state index is 0.116. The Labute approximate surface area is 138 Å². The molecule has 6 nitrogen and oxygen atoms in total. The van der Waals surface area contributed by atoms with Crippen molar-refractivity contribution in [3.63, 3.8) is 0 Å². The van der Waals surface area contributed by atoms with Gasteiger partial charge in [0.2, 0.25) is 0 Å². The minimum Gasteiger partial charge on any atom is -0.378 e. The molecule has 128 valence electrons. The zero-order chi connectivity index (χ0) is 16.2. The maximum absolute atomic E-state index is 12.7. The van der Waals surface area contributed by atoms with Crippen molar-refractivity contribution in [1.82, 2.24) is 20.0 Å². The van der Waals surface area contributed by atoms with Gasteiger partial charge in [0, 0.05) is 19.6 Å². The standard InChI is InChI=1S/C17H28N4O2/c1-13(2)10-18-11-14-3-4-21-16(9-14)15(12-19-21)17(22)20-5-7-23-8-6-20/h12-14,18H,3-11H2,1-2H3/t14-/m1/s1. The summed E-state index contributed by atoms with van der Waals surface area (Å²) in [7, 11) is 0. The molecule has 1 atom stereocenters. The van der Waals surface area contributed by atoms with Crippen LogP contribution in [0.15, 0.2) is 6.20 Å². The number of morpholine rings is 1. The van der Waals surface area contributed by atoms with Gasteiger partial charge in [-0.1, -0.05) is 13.8 Å². The fourth-order valence-electron chi connectivity index (χ4n) is 3.36. The van der Waals surface area contributed by atoms with Gasteiger partial charge in [-0.25, -0.2) is 0 Å². The Bertz CT molecular complexity index is 535. The zero-order valence-corrected chi connectivity index (χ0v) is 14.3. The molecule has 6 heteroatoms. The minimum absolute atomic E-state index is 0.116. The molecule has 0 aliphatic carbocycles. The van der Waals surface area contributed by atoms with E-state index in [0.29, 0.717) is 38.1 Å². The second-order valence-corrected chi connectivity index (χ2v) is 7.04. The molecule has 0 radical (unpaired) electrons. The Balaban J connectivity index is 1.64. The van der Waals surface area contributed by atoms with Crippen molar-refractivity contribution < 1.29 is 9.53 Å². The summed E-state index contributed by atoms with van der Waals surface area (Å²) in [6, 6.07) is 0. The zero-order valence-electron chi connectivity index (χ0n) is 14.3. The van der Waals surface area contributed by atoms with Gasteiger partial charge in [-0.15, -0.1) is 0 Å². The number of nitrogens with zero attached hydrogens (tertiary/aromatic N) is 3. The summed E-state index contributed by atoms with van der Waals surface area (Å²) in [5.41, 5.74) is 1.91. The molecule has 0 spiro atoms. The van der Waals surface area contributed by atoms with E-state index in [4.69, 9.17) is 4.74 Å². The van der Waals surface area contributed by atoms with Crippen LogP contribution in [0.2, 0.25) is 0 Å². The Morgan fingerprint density at radius 3 is 2.91 bits per heavy atom. The lowest BCUT2D eigenvalue weighted by atomic mass is 9.94. The molecule has 0 aromatic carbocycles. The van der Waals surface area contributed by atoms with E-state index in [1.54, 1.807) is 6.20 Å². The molecule has 0 saturated carbocycles. The molecule has 23 heavy (non-hydrogen) atoms. The van der Waals surface area contributed by atoms with Crippen molar-refractivity contribution in [3.05, 3.63) is 17.5 Å². The lowest BCUT2D eigenvalue weighted by molar-refractivity contribution is 0.0301. The molecule has 2 aliphatic rings. The van der Waals surface area contributed by atoms with Crippen LogP contribution in [-0.2, 0) is 17.7 Å². The van der Waals surface area contributed by atoms with Crippen LogP contribution in [0.1, 0.15) is 36.3 Å². The number of ether oxygens (including phenoxy) is 1. The van der Waals surface area contributed by atoms with Crippen LogP contribution < -0.4 is 5.32 Å². The largest absolute Gasteiger partial charge is 0.378 e. The van der Waals surface area contributed by atoms with E-state index in [2.05, 4.69) is 24.3 Å². The van der Waals surface area contributed by atoms with Crippen LogP contribution in [0.5, 0.6) is 0 Å². The first-order chi connectivity index (χ1) is 11.1. The Hall–Kier alpha value is -1.40. The molecule has 1 aromatic heterocycles. The Kier molecular flexibility index (Phi) is 5.33. The number of carbonyl (C=O) groups excluding carboxylic acids is 1. The average Bonchev–Trinajstić information content (AvgIpc) is 2.98. The average molecular weight is 320 g/mol. The van der Waals surface area contributed by atoms with E-state index in [0.717, 1.165) is 43.7 Å². The fraction of sp³-hybridized carbons (Fsp3) is 0.765. The van der Waals surface area contributed by atoms with Gasteiger partial charge in [-0.05, 0) is 37.8 Å². The Morgan fingerprint density at radius 2 is 2.17 bits per heavy atom. The topological polar surface area (TPSA) is 59.4 Å². The quantitative estimate of drug-likeness (QED) is 0.884. The summed E-state index contributed by atoms with van der Waals surface area (Å²) in [6.07, 6.45) is 3.83. The van der Waals surface area contributed by atoms with Crippen molar-refractivity contribution in [2.75, 3.05) is 39.4 Å². The third-order valence-electron chi connectivity index (χ3n) is 4.69. The second-order valence-electron chi connectivity index (χ2n) is 7.04. The van der Waals surface area contributed by atoms with Crippen molar-refractivity contribution >= 4 is 5.91 Å². The predicted octanol–water partition coefficient (Wildman–Crippen LogP) is 1.16. The van der Waals surface area contributed by atoms with Crippen LogP contribution in [-0.4, -0.2) is 60.0 Å². The Morgan fingerprint density at radius 1 is 1.39 bits per heavy atom. The van der Waals surface area contributed by atoms with Crippen molar-refractivity contribution in [1.29, 1.82) is 0 Å².